The lowest BCUT2D eigenvalue weighted by Crippen LogP contribution is -1.93. The zero-order valence-corrected chi connectivity index (χ0v) is 34.7. The molecule has 0 saturated heterocycles. The third-order valence-electron chi connectivity index (χ3n) is 12.8. The van der Waals surface area contributed by atoms with E-state index in [9.17, 15) is 0 Å². The van der Waals surface area contributed by atoms with E-state index in [1.807, 2.05) is 0 Å². The number of nitrogens with one attached hydrogen (secondary N) is 2. The first-order chi connectivity index (χ1) is 31.6. The van der Waals surface area contributed by atoms with Gasteiger partial charge in [0.1, 0.15) is 0 Å². The number of rotatable bonds is 4. The van der Waals surface area contributed by atoms with Crippen LogP contribution in [0.5, 0.6) is 0 Å². The molecule has 5 heterocycles. The summed E-state index contributed by atoms with van der Waals surface area (Å²) in [5.74, 6) is 0. The molecule has 4 heteroatoms. The second-order valence-corrected chi connectivity index (χ2v) is 16.8. The molecule has 0 amide bonds. The minimum Gasteiger partial charge on any atom is -0.355 e. The van der Waals surface area contributed by atoms with Crippen LogP contribution in [0.15, 0.2) is 200 Å². The van der Waals surface area contributed by atoms with Crippen molar-refractivity contribution in [2.75, 3.05) is 0 Å². The van der Waals surface area contributed by atoms with Gasteiger partial charge in [0.2, 0.25) is 0 Å². The molecule has 8 aromatic carbocycles. The summed E-state index contributed by atoms with van der Waals surface area (Å²) in [7, 11) is 0. The smallest absolute Gasteiger partial charge is 0.0815 e. The van der Waals surface area contributed by atoms with Crippen molar-refractivity contribution in [3.05, 3.63) is 229 Å². The summed E-state index contributed by atoms with van der Waals surface area (Å²) in [6.45, 7) is 0. The van der Waals surface area contributed by atoms with E-state index in [4.69, 9.17) is 9.97 Å². The van der Waals surface area contributed by atoms with Crippen molar-refractivity contribution in [1.29, 1.82) is 0 Å². The maximum absolute atomic E-state index is 5.68. The van der Waals surface area contributed by atoms with E-state index in [0.717, 1.165) is 94.7 Å². The van der Waals surface area contributed by atoms with Crippen LogP contribution in [0.1, 0.15) is 28.3 Å². The van der Waals surface area contributed by atoms with Gasteiger partial charge < -0.3 is 9.97 Å². The predicted molar refractivity (Wildman–Crippen MR) is 270 cm³/mol. The molecule has 13 rings (SSSR count). The number of benzene rings is 8. The van der Waals surface area contributed by atoms with Crippen LogP contribution in [0.4, 0.5) is 0 Å². The standard InChI is InChI=1S/C60H38N4/c1-5-13-41-29-45(21-17-37(41)9-1)54-35-53-34-51-26-25-49(61-51)33-50-27-28-52(62-50)36-55-56(46-22-18-38-10-2-6-14-42(38)30-46)57(47-23-19-39-11-3-7-15-43(39)31-47)60(64-55)58(59(54)63-53)48-24-20-40-12-4-8-16-44(40)32-48/h1-36,61,64H. The lowest BCUT2D eigenvalue weighted by Gasteiger charge is -2.14. The van der Waals surface area contributed by atoms with E-state index in [2.05, 4.69) is 228 Å². The van der Waals surface area contributed by atoms with Gasteiger partial charge in [0.15, 0.2) is 0 Å². The number of hydrogen-bond donors (Lipinski definition) is 2. The van der Waals surface area contributed by atoms with Crippen LogP contribution in [0, 0.1) is 0 Å². The highest BCUT2D eigenvalue weighted by molar-refractivity contribution is 6.13. The summed E-state index contributed by atoms with van der Waals surface area (Å²) in [5.41, 5.74) is 16.1. The summed E-state index contributed by atoms with van der Waals surface area (Å²) in [4.78, 5) is 18.6. The Hall–Kier alpha value is -8.60. The van der Waals surface area contributed by atoms with Crippen LogP contribution < -0.4 is 0 Å². The summed E-state index contributed by atoms with van der Waals surface area (Å²) in [6, 6.07) is 72.4. The molecule has 11 aromatic rings. The van der Waals surface area contributed by atoms with E-state index < -0.39 is 0 Å². The Labute approximate surface area is 369 Å². The second-order valence-electron chi connectivity index (χ2n) is 16.8. The number of aromatic nitrogens is 4. The minimum atomic E-state index is 0.867. The Morgan fingerprint density at radius 1 is 0.312 bits per heavy atom. The molecule has 2 aliphatic rings. The lowest BCUT2D eigenvalue weighted by molar-refractivity contribution is 1.30. The monoisotopic (exact) mass is 814 g/mol. The van der Waals surface area contributed by atoms with Crippen molar-refractivity contribution in [3.63, 3.8) is 0 Å². The Kier molecular flexibility index (Phi) is 8.18. The van der Waals surface area contributed by atoms with E-state index >= 15 is 0 Å². The Morgan fingerprint density at radius 3 is 1.30 bits per heavy atom. The fourth-order valence-corrected chi connectivity index (χ4v) is 9.74. The molecule has 0 spiro atoms. The van der Waals surface area contributed by atoms with Gasteiger partial charge >= 0.3 is 0 Å². The largest absolute Gasteiger partial charge is 0.355 e. The zero-order chi connectivity index (χ0) is 42.1. The highest BCUT2D eigenvalue weighted by Gasteiger charge is 2.25. The van der Waals surface area contributed by atoms with Crippen LogP contribution >= 0.6 is 0 Å². The molecule has 0 radical (unpaired) electrons. The average Bonchev–Trinajstić information content (AvgIpc) is 4.16. The van der Waals surface area contributed by atoms with Crippen LogP contribution in [0.3, 0.4) is 0 Å². The number of hydrogen-bond acceptors (Lipinski definition) is 2. The second kappa shape index (κ2) is 14.5. The molecular weight excluding hydrogens is 777 g/mol. The van der Waals surface area contributed by atoms with Gasteiger partial charge in [-0.2, -0.15) is 0 Å². The summed E-state index contributed by atoms with van der Waals surface area (Å²) >= 11 is 0. The molecule has 64 heavy (non-hydrogen) atoms. The van der Waals surface area contributed by atoms with E-state index in [0.29, 0.717) is 0 Å². The highest BCUT2D eigenvalue weighted by Crippen LogP contribution is 2.47. The molecule has 0 aliphatic carbocycles. The third kappa shape index (κ3) is 6.23. The summed E-state index contributed by atoms with van der Waals surface area (Å²) in [5, 5.41) is 9.48. The van der Waals surface area contributed by atoms with Crippen molar-refractivity contribution in [1.82, 2.24) is 19.9 Å². The molecule has 0 fully saturated rings. The van der Waals surface area contributed by atoms with Gasteiger partial charge in [-0.3, -0.25) is 0 Å². The molecule has 3 aromatic heterocycles. The molecule has 0 saturated carbocycles. The highest BCUT2D eigenvalue weighted by atomic mass is 14.8. The number of H-pyrrole nitrogens is 2. The fraction of sp³-hybridized carbons (Fsp3) is 0. The van der Waals surface area contributed by atoms with Crippen molar-refractivity contribution in [2.24, 2.45) is 0 Å². The molecule has 2 N–H and O–H groups in total. The zero-order valence-electron chi connectivity index (χ0n) is 34.7. The number of fused-ring (bicyclic) bond motifs is 12. The average molecular weight is 815 g/mol. The first kappa shape index (κ1) is 36.1. The van der Waals surface area contributed by atoms with Crippen LogP contribution in [0.25, 0.3) is 122 Å². The van der Waals surface area contributed by atoms with Gasteiger partial charge in [0, 0.05) is 38.8 Å². The topological polar surface area (TPSA) is 57.4 Å². The molecule has 0 unspecified atom stereocenters. The quantitative estimate of drug-likeness (QED) is 0.186. The first-order valence-electron chi connectivity index (χ1n) is 21.8. The molecular formula is C60H38N4. The number of aromatic amines is 2. The van der Waals surface area contributed by atoms with Crippen molar-refractivity contribution >= 4 is 89.0 Å². The molecule has 2 aliphatic heterocycles. The third-order valence-corrected chi connectivity index (χ3v) is 12.8. The molecule has 0 atom stereocenters. The van der Waals surface area contributed by atoms with Crippen LogP contribution in [-0.2, 0) is 0 Å². The maximum Gasteiger partial charge on any atom is 0.0815 e. The molecule has 4 nitrogen and oxygen atoms in total. The van der Waals surface area contributed by atoms with Gasteiger partial charge in [-0.25, -0.2) is 9.97 Å². The normalized spacial score (nSPS) is 12.4. The first-order valence-corrected chi connectivity index (χ1v) is 21.8. The van der Waals surface area contributed by atoms with Gasteiger partial charge in [-0.15, -0.1) is 0 Å². The van der Waals surface area contributed by atoms with Gasteiger partial charge in [-0.05, 0) is 138 Å². The minimum absolute atomic E-state index is 0.867. The van der Waals surface area contributed by atoms with Crippen molar-refractivity contribution < 1.29 is 0 Å². The number of nitrogens with zero attached hydrogens (tertiary/aromatic N) is 2. The molecule has 8 bridgehead atoms. The van der Waals surface area contributed by atoms with Gasteiger partial charge in [-0.1, -0.05) is 146 Å². The van der Waals surface area contributed by atoms with E-state index in [1.54, 1.807) is 0 Å². The Bertz CT molecular complexity index is 3970. The SMILES string of the molecule is C1=Cc2cc3[nH]c(c(-c4ccc5ccccc5c4)c4nc(cc5ccc(cc1n2)[nH]5)C=C4c1ccc2ccccc2c1)c(-c1ccc2ccccc2c1)c3-c1ccc2ccccc2c1. The lowest BCUT2D eigenvalue weighted by atomic mass is 9.89. The fourth-order valence-electron chi connectivity index (χ4n) is 9.74. The summed E-state index contributed by atoms with van der Waals surface area (Å²) in [6.07, 6.45) is 6.45. The van der Waals surface area contributed by atoms with Gasteiger partial charge in [0.05, 0.1) is 28.3 Å². The Morgan fingerprint density at radius 2 is 0.750 bits per heavy atom. The van der Waals surface area contributed by atoms with Crippen molar-refractivity contribution in [3.8, 4) is 33.4 Å². The van der Waals surface area contributed by atoms with E-state index in [1.165, 1.54) is 37.7 Å². The summed E-state index contributed by atoms with van der Waals surface area (Å²) < 4.78 is 0. The van der Waals surface area contributed by atoms with Crippen LogP contribution in [0.2, 0.25) is 0 Å². The predicted octanol–water partition coefficient (Wildman–Crippen LogP) is 15.7. The van der Waals surface area contributed by atoms with Gasteiger partial charge in [0.25, 0.3) is 0 Å². The van der Waals surface area contributed by atoms with Crippen molar-refractivity contribution in [2.45, 2.75) is 0 Å². The van der Waals surface area contributed by atoms with E-state index in [-0.39, 0.29) is 0 Å². The van der Waals surface area contributed by atoms with Crippen LogP contribution in [-0.4, -0.2) is 19.9 Å². The maximum atomic E-state index is 5.68. The molecule has 298 valence electrons. The Balaban J connectivity index is 1.26.